The van der Waals surface area contributed by atoms with Gasteiger partial charge in [0.25, 0.3) is 5.56 Å². The van der Waals surface area contributed by atoms with Gasteiger partial charge in [-0.05, 0) is 24.3 Å². The van der Waals surface area contributed by atoms with Crippen LogP contribution in [0.3, 0.4) is 0 Å². The van der Waals surface area contributed by atoms with Gasteiger partial charge in [0.2, 0.25) is 0 Å². The minimum absolute atomic E-state index is 0.0317. The molecule has 3 aromatic rings. The summed E-state index contributed by atoms with van der Waals surface area (Å²) >= 11 is 1.74. The number of benzene rings is 2. The fourth-order valence-electron chi connectivity index (χ4n) is 2.04. The normalized spacial score (nSPS) is 10.8. The highest BCUT2D eigenvalue weighted by Gasteiger charge is 2.03. The summed E-state index contributed by atoms with van der Waals surface area (Å²) in [6.07, 6.45) is 1.64. The van der Waals surface area contributed by atoms with Crippen molar-refractivity contribution in [2.75, 3.05) is 5.75 Å². The molecule has 0 unspecified atom stereocenters. The monoisotopic (exact) mass is 282 g/mol. The lowest BCUT2D eigenvalue weighted by molar-refractivity contribution is 0.725. The molecule has 0 N–H and O–H groups in total. The predicted molar refractivity (Wildman–Crippen MR) is 83.2 cm³/mol. The van der Waals surface area contributed by atoms with E-state index in [-0.39, 0.29) is 5.56 Å². The van der Waals surface area contributed by atoms with Crippen molar-refractivity contribution in [1.82, 2.24) is 9.55 Å². The van der Waals surface area contributed by atoms with Gasteiger partial charge in [-0.3, -0.25) is 9.36 Å². The summed E-state index contributed by atoms with van der Waals surface area (Å²) in [6, 6.07) is 17.6. The van der Waals surface area contributed by atoms with Crippen LogP contribution in [-0.2, 0) is 6.54 Å². The molecule has 100 valence electrons. The third kappa shape index (κ3) is 2.75. The van der Waals surface area contributed by atoms with E-state index in [0.29, 0.717) is 11.9 Å². The standard InChI is InChI=1S/C16H14N2OS/c19-16-14-8-4-5-9-15(14)17-12-18(16)10-11-20-13-6-2-1-3-7-13/h1-9,12H,10-11H2. The van der Waals surface area contributed by atoms with E-state index < -0.39 is 0 Å². The maximum absolute atomic E-state index is 12.3. The zero-order valence-electron chi connectivity index (χ0n) is 10.9. The molecule has 0 aliphatic heterocycles. The lowest BCUT2D eigenvalue weighted by Gasteiger charge is -2.06. The molecule has 0 spiro atoms. The van der Waals surface area contributed by atoms with Gasteiger partial charge in [0, 0.05) is 17.2 Å². The second kappa shape index (κ2) is 5.92. The molecule has 0 atom stereocenters. The molecule has 3 rings (SSSR count). The maximum Gasteiger partial charge on any atom is 0.261 e. The van der Waals surface area contributed by atoms with E-state index in [4.69, 9.17) is 0 Å². The van der Waals surface area contributed by atoms with Gasteiger partial charge >= 0.3 is 0 Å². The molecule has 0 radical (unpaired) electrons. The van der Waals surface area contributed by atoms with Gasteiger partial charge in [-0.15, -0.1) is 11.8 Å². The highest BCUT2D eigenvalue weighted by Crippen LogP contribution is 2.16. The summed E-state index contributed by atoms with van der Waals surface area (Å²) in [6.45, 7) is 0.663. The highest BCUT2D eigenvalue weighted by atomic mass is 32.2. The van der Waals surface area contributed by atoms with Crippen LogP contribution in [0.2, 0.25) is 0 Å². The highest BCUT2D eigenvalue weighted by molar-refractivity contribution is 7.99. The average Bonchev–Trinajstić information content (AvgIpc) is 2.51. The van der Waals surface area contributed by atoms with Gasteiger partial charge in [0.1, 0.15) is 0 Å². The number of thioether (sulfide) groups is 1. The van der Waals surface area contributed by atoms with Gasteiger partial charge in [0.05, 0.1) is 17.2 Å². The van der Waals surface area contributed by atoms with E-state index in [1.165, 1.54) is 4.90 Å². The van der Waals surface area contributed by atoms with E-state index >= 15 is 0 Å². The van der Waals surface area contributed by atoms with E-state index in [0.717, 1.165) is 11.3 Å². The summed E-state index contributed by atoms with van der Waals surface area (Å²) in [5, 5.41) is 0.680. The number of nitrogens with zero attached hydrogens (tertiary/aromatic N) is 2. The minimum Gasteiger partial charge on any atom is -0.298 e. The molecule has 0 fully saturated rings. The van der Waals surface area contributed by atoms with Gasteiger partial charge < -0.3 is 0 Å². The number of rotatable bonds is 4. The molecule has 3 nitrogen and oxygen atoms in total. The molecule has 0 saturated carbocycles. The summed E-state index contributed by atoms with van der Waals surface area (Å²) in [4.78, 5) is 17.8. The summed E-state index contributed by atoms with van der Waals surface area (Å²) in [7, 11) is 0. The van der Waals surface area contributed by atoms with Crippen molar-refractivity contribution in [3.05, 3.63) is 71.3 Å². The third-order valence-corrected chi connectivity index (χ3v) is 4.07. The van der Waals surface area contributed by atoms with Gasteiger partial charge in [-0.1, -0.05) is 30.3 Å². The fraction of sp³-hybridized carbons (Fsp3) is 0.125. The first-order chi connectivity index (χ1) is 9.84. The molecule has 0 bridgehead atoms. The molecule has 0 saturated heterocycles. The fourth-order valence-corrected chi connectivity index (χ4v) is 2.92. The number of hydrogen-bond donors (Lipinski definition) is 0. The molecule has 2 aromatic carbocycles. The van der Waals surface area contributed by atoms with Crippen molar-refractivity contribution in [2.24, 2.45) is 0 Å². The molecular weight excluding hydrogens is 268 g/mol. The topological polar surface area (TPSA) is 34.9 Å². The molecule has 1 aromatic heterocycles. The van der Waals surface area contributed by atoms with Crippen molar-refractivity contribution >= 4 is 22.7 Å². The smallest absolute Gasteiger partial charge is 0.261 e. The van der Waals surface area contributed by atoms with Crippen molar-refractivity contribution in [3.8, 4) is 0 Å². The Bertz CT molecular complexity index is 768. The first kappa shape index (κ1) is 12.9. The van der Waals surface area contributed by atoms with Crippen LogP contribution in [0.4, 0.5) is 0 Å². The van der Waals surface area contributed by atoms with Crippen LogP contribution in [0, 0.1) is 0 Å². The largest absolute Gasteiger partial charge is 0.298 e. The third-order valence-electron chi connectivity index (χ3n) is 3.08. The number of aryl methyl sites for hydroxylation is 1. The van der Waals surface area contributed by atoms with Crippen LogP contribution in [0.15, 0.2) is 70.6 Å². The van der Waals surface area contributed by atoms with Crippen molar-refractivity contribution < 1.29 is 0 Å². The Morgan fingerprint density at radius 3 is 2.60 bits per heavy atom. The first-order valence-electron chi connectivity index (χ1n) is 6.46. The minimum atomic E-state index is 0.0317. The SMILES string of the molecule is O=c1c2ccccc2ncn1CCSc1ccccc1. The van der Waals surface area contributed by atoms with Crippen LogP contribution in [0.5, 0.6) is 0 Å². The van der Waals surface area contributed by atoms with Gasteiger partial charge in [0.15, 0.2) is 0 Å². The van der Waals surface area contributed by atoms with E-state index in [1.54, 1.807) is 22.7 Å². The molecule has 1 heterocycles. The summed E-state index contributed by atoms with van der Waals surface area (Å²) < 4.78 is 1.68. The van der Waals surface area contributed by atoms with Crippen LogP contribution < -0.4 is 5.56 Å². The molecule has 0 aliphatic carbocycles. The Labute approximate surface area is 121 Å². The zero-order chi connectivity index (χ0) is 13.8. The summed E-state index contributed by atoms with van der Waals surface area (Å²) in [5.41, 5.74) is 0.786. The molecule has 20 heavy (non-hydrogen) atoms. The van der Waals surface area contributed by atoms with Crippen LogP contribution in [0.1, 0.15) is 0 Å². The van der Waals surface area contributed by atoms with Gasteiger partial charge in [-0.25, -0.2) is 4.98 Å². The average molecular weight is 282 g/mol. The summed E-state index contributed by atoms with van der Waals surface area (Å²) in [5.74, 6) is 0.851. The van der Waals surface area contributed by atoms with Crippen LogP contribution >= 0.6 is 11.8 Å². The predicted octanol–water partition coefficient (Wildman–Crippen LogP) is 3.19. The number of para-hydroxylation sites is 1. The van der Waals surface area contributed by atoms with Crippen LogP contribution in [-0.4, -0.2) is 15.3 Å². The Morgan fingerprint density at radius 1 is 1.00 bits per heavy atom. The van der Waals surface area contributed by atoms with E-state index in [2.05, 4.69) is 17.1 Å². The molecular formula is C16H14N2OS. The number of hydrogen-bond acceptors (Lipinski definition) is 3. The van der Waals surface area contributed by atoms with Crippen molar-refractivity contribution in [2.45, 2.75) is 11.4 Å². The Kier molecular flexibility index (Phi) is 3.83. The van der Waals surface area contributed by atoms with E-state index in [9.17, 15) is 4.79 Å². The number of aromatic nitrogens is 2. The number of fused-ring (bicyclic) bond motifs is 1. The van der Waals surface area contributed by atoms with Crippen LogP contribution in [0.25, 0.3) is 10.9 Å². The second-order valence-electron chi connectivity index (χ2n) is 4.42. The van der Waals surface area contributed by atoms with Crippen molar-refractivity contribution in [3.63, 3.8) is 0 Å². The lowest BCUT2D eigenvalue weighted by Crippen LogP contribution is -2.21. The van der Waals surface area contributed by atoms with Crippen molar-refractivity contribution in [1.29, 1.82) is 0 Å². The Hall–Kier alpha value is -2.07. The zero-order valence-corrected chi connectivity index (χ0v) is 11.7. The Morgan fingerprint density at radius 2 is 1.75 bits per heavy atom. The molecule has 0 aliphatic rings. The lowest BCUT2D eigenvalue weighted by atomic mass is 10.2. The Balaban J connectivity index is 1.75. The quantitative estimate of drug-likeness (QED) is 0.689. The second-order valence-corrected chi connectivity index (χ2v) is 5.59. The molecule has 0 amide bonds. The van der Waals surface area contributed by atoms with Gasteiger partial charge in [-0.2, -0.15) is 0 Å². The maximum atomic E-state index is 12.3. The van der Waals surface area contributed by atoms with E-state index in [1.807, 2.05) is 42.5 Å². The molecule has 4 heteroatoms. The first-order valence-corrected chi connectivity index (χ1v) is 7.45.